The van der Waals surface area contributed by atoms with Crippen molar-refractivity contribution in [2.75, 3.05) is 11.9 Å². The van der Waals surface area contributed by atoms with Crippen molar-refractivity contribution in [2.45, 2.75) is 20.3 Å². The molecule has 2 heterocycles. The van der Waals surface area contributed by atoms with Gasteiger partial charge < -0.3 is 15.2 Å². The molecule has 0 bridgehead atoms. The number of aromatic amines is 1. The van der Waals surface area contributed by atoms with Crippen LogP contribution in [-0.2, 0) is 6.42 Å². The lowest BCUT2D eigenvalue weighted by Gasteiger charge is -2.07. The van der Waals surface area contributed by atoms with Crippen molar-refractivity contribution in [3.8, 4) is 0 Å². The van der Waals surface area contributed by atoms with Crippen LogP contribution in [0.3, 0.4) is 0 Å². The number of carbonyl (C=O) groups excluding carboxylic acids is 1. The van der Waals surface area contributed by atoms with Gasteiger partial charge in [0.05, 0.1) is 5.69 Å². The van der Waals surface area contributed by atoms with Gasteiger partial charge in [0.15, 0.2) is 0 Å². The van der Waals surface area contributed by atoms with Crippen LogP contribution in [0.1, 0.15) is 17.0 Å². The molecule has 0 unspecified atom stereocenters. The number of fused-ring (bicyclic) bond motifs is 1. The monoisotopic (exact) mass is 300 g/mol. The molecule has 8 heteroatoms. The summed E-state index contributed by atoms with van der Waals surface area (Å²) in [6.45, 7) is 4.25. The fourth-order valence-electron chi connectivity index (χ4n) is 2.25. The van der Waals surface area contributed by atoms with Gasteiger partial charge >= 0.3 is 6.03 Å². The third-order valence-electron chi connectivity index (χ3n) is 3.42. The molecule has 1 aromatic carbocycles. The Morgan fingerprint density at radius 1 is 1.27 bits per heavy atom. The second kappa shape index (κ2) is 5.84. The van der Waals surface area contributed by atoms with Crippen molar-refractivity contribution in [3.05, 3.63) is 35.2 Å². The minimum absolute atomic E-state index is 0.269. The van der Waals surface area contributed by atoms with Gasteiger partial charge in [-0.05, 0) is 38.5 Å². The van der Waals surface area contributed by atoms with E-state index < -0.39 is 0 Å². The van der Waals surface area contributed by atoms with Crippen molar-refractivity contribution in [2.24, 2.45) is 0 Å². The summed E-state index contributed by atoms with van der Waals surface area (Å²) in [6.07, 6.45) is 0.677. The maximum Gasteiger partial charge on any atom is 0.319 e. The number of amides is 2. The van der Waals surface area contributed by atoms with E-state index in [4.69, 9.17) is 4.52 Å². The molecule has 0 fully saturated rings. The number of carbonyl (C=O) groups is 1. The SMILES string of the molecule is Cc1noc(C)c1CCNC(=O)Nc1ccc2n[nH]nc2c1. The summed E-state index contributed by atoms with van der Waals surface area (Å²) in [4.78, 5) is 11.9. The predicted molar refractivity (Wildman–Crippen MR) is 80.6 cm³/mol. The number of rotatable bonds is 4. The fraction of sp³-hybridized carbons (Fsp3) is 0.286. The average Bonchev–Trinajstić information content (AvgIpc) is 3.07. The number of hydrogen-bond acceptors (Lipinski definition) is 5. The van der Waals surface area contributed by atoms with Gasteiger partial charge in [-0.2, -0.15) is 15.4 Å². The normalized spacial score (nSPS) is 10.8. The summed E-state index contributed by atoms with van der Waals surface area (Å²) in [5.74, 6) is 0.788. The summed E-state index contributed by atoms with van der Waals surface area (Å²) in [6, 6.07) is 5.05. The van der Waals surface area contributed by atoms with Crippen LogP contribution >= 0.6 is 0 Å². The van der Waals surface area contributed by atoms with E-state index in [0.29, 0.717) is 24.2 Å². The first kappa shape index (κ1) is 14.1. The van der Waals surface area contributed by atoms with Gasteiger partial charge in [-0.1, -0.05) is 5.16 Å². The molecule has 2 aromatic heterocycles. The standard InChI is InChI=1S/C14H16N6O2/c1-8-11(9(2)22-19-8)5-6-15-14(21)16-10-3-4-12-13(7-10)18-20-17-12/h3-4,7H,5-6H2,1-2H3,(H2,15,16,21)(H,17,18,20). The molecule has 0 saturated carbocycles. The number of nitrogens with zero attached hydrogens (tertiary/aromatic N) is 3. The lowest BCUT2D eigenvalue weighted by Crippen LogP contribution is -2.30. The molecule has 0 aliphatic heterocycles. The smallest absolute Gasteiger partial charge is 0.319 e. The number of benzene rings is 1. The number of anilines is 1. The van der Waals surface area contributed by atoms with Crippen LogP contribution in [0.4, 0.5) is 10.5 Å². The fourth-order valence-corrected chi connectivity index (χ4v) is 2.25. The van der Waals surface area contributed by atoms with Gasteiger partial charge in [0.1, 0.15) is 16.8 Å². The molecule has 3 rings (SSSR count). The van der Waals surface area contributed by atoms with Crippen LogP contribution < -0.4 is 10.6 Å². The highest BCUT2D eigenvalue weighted by Gasteiger charge is 2.09. The highest BCUT2D eigenvalue weighted by atomic mass is 16.5. The van der Waals surface area contributed by atoms with Gasteiger partial charge in [0.2, 0.25) is 0 Å². The lowest BCUT2D eigenvalue weighted by molar-refractivity contribution is 0.252. The molecule has 2 amide bonds. The molecule has 0 atom stereocenters. The molecule has 114 valence electrons. The van der Waals surface area contributed by atoms with Crippen molar-refractivity contribution in [1.82, 2.24) is 25.9 Å². The first-order valence-electron chi connectivity index (χ1n) is 6.90. The lowest BCUT2D eigenvalue weighted by atomic mass is 10.1. The van der Waals surface area contributed by atoms with Crippen LogP contribution in [-0.4, -0.2) is 33.1 Å². The zero-order valence-electron chi connectivity index (χ0n) is 12.3. The minimum atomic E-state index is -0.269. The number of nitrogens with one attached hydrogen (secondary N) is 3. The quantitative estimate of drug-likeness (QED) is 0.682. The van der Waals surface area contributed by atoms with Crippen LogP contribution in [0.25, 0.3) is 11.0 Å². The van der Waals surface area contributed by atoms with Gasteiger partial charge in [-0.3, -0.25) is 0 Å². The van der Waals surface area contributed by atoms with Crippen LogP contribution in [0, 0.1) is 13.8 Å². The Kier molecular flexibility index (Phi) is 3.73. The molecule has 0 saturated heterocycles. The Bertz CT molecular complexity index is 787. The highest BCUT2D eigenvalue weighted by Crippen LogP contribution is 2.15. The Hall–Kier alpha value is -2.90. The van der Waals surface area contributed by atoms with Gasteiger partial charge in [-0.15, -0.1) is 0 Å². The van der Waals surface area contributed by atoms with Crippen LogP contribution in [0.5, 0.6) is 0 Å². The third-order valence-corrected chi connectivity index (χ3v) is 3.42. The molecule has 3 N–H and O–H groups in total. The first-order valence-corrected chi connectivity index (χ1v) is 6.90. The van der Waals surface area contributed by atoms with Crippen LogP contribution in [0.15, 0.2) is 22.7 Å². The second-order valence-corrected chi connectivity index (χ2v) is 4.96. The molecule has 8 nitrogen and oxygen atoms in total. The molecule has 22 heavy (non-hydrogen) atoms. The third kappa shape index (κ3) is 2.90. The zero-order chi connectivity index (χ0) is 15.5. The first-order chi connectivity index (χ1) is 10.6. The van der Waals surface area contributed by atoms with E-state index in [1.165, 1.54) is 0 Å². The van der Waals surface area contributed by atoms with Crippen molar-refractivity contribution >= 4 is 22.8 Å². The number of aromatic nitrogens is 4. The highest BCUT2D eigenvalue weighted by molar-refractivity contribution is 5.91. The molecule has 0 aliphatic rings. The Labute approximate surface area is 126 Å². The zero-order valence-corrected chi connectivity index (χ0v) is 12.3. The van der Waals surface area contributed by atoms with Crippen molar-refractivity contribution in [1.29, 1.82) is 0 Å². The summed E-state index contributed by atoms with van der Waals surface area (Å²) in [5, 5.41) is 19.9. The topological polar surface area (TPSA) is 109 Å². The summed E-state index contributed by atoms with van der Waals surface area (Å²) < 4.78 is 5.09. The number of hydrogen-bond donors (Lipinski definition) is 3. The second-order valence-electron chi connectivity index (χ2n) is 4.96. The van der Waals surface area contributed by atoms with E-state index in [9.17, 15) is 4.79 Å². The molecular formula is C14H16N6O2. The Morgan fingerprint density at radius 3 is 2.86 bits per heavy atom. The molecule has 0 aliphatic carbocycles. The Morgan fingerprint density at radius 2 is 2.09 bits per heavy atom. The van der Waals surface area contributed by atoms with E-state index in [1.54, 1.807) is 18.2 Å². The molecular weight excluding hydrogens is 284 g/mol. The van der Waals surface area contributed by atoms with E-state index in [2.05, 4.69) is 31.2 Å². The largest absolute Gasteiger partial charge is 0.361 e. The van der Waals surface area contributed by atoms with Gasteiger partial charge in [0, 0.05) is 17.8 Å². The van der Waals surface area contributed by atoms with Gasteiger partial charge in [0.25, 0.3) is 0 Å². The number of H-pyrrole nitrogens is 1. The predicted octanol–water partition coefficient (Wildman–Crippen LogP) is 1.93. The Balaban J connectivity index is 1.54. The average molecular weight is 300 g/mol. The van der Waals surface area contributed by atoms with Gasteiger partial charge in [-0.25, -0.2) is 4.79 Å². The van der Waals surface area contributed by atoms with E-state index in [1.807, 2.05) is 13.8 Å². The maximum atomic E-state index is 11.9. The minimum Gasteiger partial charge on any atom is -0.361 e. The molecule has 0 spiro atoms. The van der Waals surface area contributed by atoms with Crippen molar-refractivity contribution < 1.29 is 9.32 Å². The number of aryl methyl sites for hydroxylation is 2. The number of urea groups is 1. The summed E-state index contributed by atoms with van der Waals surface area (Å²) >= 11 is 0. The maximum absolute atomic E-state index is 11.9. The van der Waals surface area contributed by atoms with E-state index >= 15 is 0 Å². The molecule has 3 aromatic rings. The molecule has 0 radical (unpaired) electrons. The van der Waals surface area contributed by atoms with E-state index in [0.717, 1.165) is 22.5 Å². The van der Waals surface area contributed by atoms with E-state index in [-0.39, 0.29) is 6.03 Å². The van der Waals surface area contributed by atoms with Crippen LogP contribution in [0.2, 0.25) is 0 Å². The summed E-state index contributed by atoms with van der Waals surface area (Å²) in [5.41, 5.74) is 4.01. The summed E-state index contributed by atoms with van der Waals surface area (Å²) in [7, 11) is 0. The van der Waals surface area contributed by atoms with Crippen molar-refractivity contribution in [3.63, 3.8) is 0 Å².